The minimum absolute atomic E-state index is 1.09. The van der Waals surface area contributed by atoms with Crippen LogP contribution < -0.4 is 10.2 Å². The van der Waals surface area contributed by atoms with Gasteiger partial charge < -0.3 is 10.2 Å². The monoisotopic (exact) mass is 189 g/mol. The van der Waals surface area contributed by atoms with Crippen molar-refractivity contribution in [3.63, 3.8) is 0 Å². The van der Waals surface area contributed by atoms with Crippen LogP contribution in [0.2, 0.25) is 0 Å². The molecule has 2 nitrogen and oxygen atoms in total. The van der Waals surface area contributed by atoms with Gasteiger partial charge in [-0.1, -0.05) is 19.1 Å². The zero-order chi connectivity index (χ0) is 9.80. The summed E-state index contributed by atoms with van der Waals surface area (Å²) in [5.41, 5.74) is 2.66. The van der Waals surface area contributed by atoms with Gasteiger partial charge in [0.15, 0.2) is 0 Å². The highest BCUT2D eigenvalue weighted by atomic mass is 15.2. The third-order valence-electron chi connectivity index (χ3n) is 2.72. The summed E-state index contributed by atoms with van der Waals surface area (Å²) in [4.78, 5) is 2.40. The van der Waals surface area contributed by atoms with Gasteiger partial charge in [0.2, 0.25) is 0 Å². The average molecular weight is 189 g/mol. The maximum atomic E-state index is 3.36. The second-order valence-corrected chi connectivity index (χ2v) is 3.67. The summed E-state index contributed by atoms with van der Waals surface area (Å²) in [6, 6.07) is 9.75. The molecule has 1 radical (unpaired) electrons. The molecule has 1 aliphatic rings. The van der Waals surface area contributed by atoms with Gasteiger partial charge >= 0.3 is 0 Å². The van der Waals surface area contributed by atoms with Crippen LogP contribution in [0.25, 0.3) is 0 Å². The average Bonchev–Trinajstić information content (AvgIpc) is 2.30. The van der Waals surface area contributed by atoms with Gasteiger partial charge in [0.25, 0.3) is 0 Å². The SMILES string of the molecule is CCc1cc[c]c(N2CCNCC2)c1. The van der Waals surface area contributed by atoms with Crippen LogP contribution in [0.4, 0.5) is 5.69 Å². The molecule has 1 fully saturated rings. The van der Waals surface area contributed by atoms with E-state index in [2.05, 4.69) is 35.3 Å². The van der Waals surface area contributed by atoms with Crippen LogP contribution in [-0.2, 0) is 6.42 Å². The lowest BCUT2D eigenvalue weighted by molar-refractivity contribution is 0.589. The molecule has 1 aliphatic heterocycles. The molecule has 2 rings (SSSR count). The minimum Gasteiger partial charge on any atom is -0.368 e. The maximum absolute atomic E-state index is 3.36. The Labute approximate surface area is 85.9 Å². The van der Waals surface area contributed by atoms with E-state index in [-0.39, 0.29) is 0 Å². The smallest absolute Gasteiger partial charge is 0.0450 e. The predicted molar refractivity (Wildman–Crippen MR) is 59.7 cm³/mol. The summed E-state index contributed by atoms with van der Waals surface area (Å²) in [5, 5.41) is 3.36. The number of hydrogen-bond donors (Lipinski definition) is 1. The lowest BCUT2D eigenvalue weighted by atomic mass is 10.1. The molecule has 0 amide bonds. The Balaban J connectivity index is 2.13. The summed E-state index contributed by atoms with van der Waals surface area (Å²) < 4.78 is 0. The first-order valence-corrected chi connectivity index (χ1v) is 5.36. The number of nitrogens with zero attached hydrogens (tertiary/aromatic N) is 1. The first-order chi connectivity index (χ1) is 6.90. The zero-order valence-corrected chi connectivity index (χ0v) is 8.71. The first kappa shape index (κ1) is 9.53. The molecule has 1 saturated heterocycles. The molecule has 0 spiro atoms. The van der Waals surface area contributed by atoms with E-state index >= 15 is 0 Å². The fraction of sp³-hybridized carbons (Fsp3) is 0.500. The van der Waals surface area contributed by atoms with Gasteiger partial charge in [0.1, 0.15) is 0 Å². The molecule has 75 valence electrons. The topological polar surface area (TPSA) is 15.3 Å². The van der Waals surface area contributed by atoms with Gasteiger partial charge in [-0.05, 0) is 18.1 Å². The van der Waals surface area contributed by atoms with Crippen molar-refractivity contribution in [3.05, 3.63) is 29.8 Å². The van der Waals surface area contributed by atoms with Crippen LogP contribution in [0.1, 0.15) is 12.5 Å². The molecule has 0 aliphatic carbocycles. The Morgan fingerprint density at radius 1 is 1.43 bits per heavy atom. The van der Waals surface area contributed by atoms with Crippen LogP contribution in [-0.4, -0.2) is 26.2 Å². The van der Waals surface area contributed by atoms with Crippen LogP contribution in [0, 0.1) is 6.07 Å². The Hall–Kier alpha value is -1.02. The molecule has 0 atom stereocenters. The third-order valence-corrected chi connectivity index (χ3v) is 2.72. The molecule has 1 N–H and O–H groups in total. The second-order valence-electron chi connectivity index (χ2n) is 3.67. The molecule has 1 heterocycles. The summed E-state index contributed by atoms with van der Waals surface area (Å²) in [6.45, 7) is 6.57. The van der Waals surface area contributed by atoms with E-state index in [1.54, 1.807) is 0 Å². The van der Waals surface area contributed by atoms with Crippen LogP contribution >= 0.6 is 0 Å². The number of rotatable bonds is 2. The Morgan fingerprint density at radius 2 is 2.21 bits per heavy atom. The van der Waals surface area contributed by atoms with E-state index in [4.69, 9.17) is 0 Å². The first-order valence-electron chi connectivity index (χ1n) is 5.36. The van der Waals surface area contributed by atoms with Crippen molar-refractivity contribution in [2.75, 3.05) is 31.1 Å². The molecule has 0 unspecified atom stereocenters. The quantitative estimate of drug-likeness (QED) is 0.757. The molecule has 2 heteroatoms. The van der Waals surface area contributed by atoms with E-state index in [0.29, 0.717) is 0 Å². The van der Waals surface area contributed by atoms with Gasteiger partial charge in [0.05, 0.1) is 0 Å². The molecule has 0 aromatic heterocycles. The molecule has 1 aromatic rings. The summed E-state index contributed by atoms with van der Waals surface area (Å²) in [6.07, 6.45) is 1.10. The van der Waals surface area contributed by atoms with Crippen molar-refractivity contribution < 1.29 is 0 Å². The van der Waals surface area contributed by atoms with Gasteiger partial charge in [-0.2, -0.15) is 0 Å². The van der Waals surface area contributed by atoms with E-state index in [1.165, 1.54) is 11.3 Å². The third kappa shape index (κ3) is 2.07. The fourth-order valence-electron chi connectivity index (χ4n) is 1.81. The van der Waals surface area contributed by atoms with Crippen LogP contribution in [0.5, 0.6) is 0 Å². The Bertz CT molecular complexity index is 290. The van der Waals surface area contributed by atoms with E-state index < -0.39 is 0 Å². The van der Waals surface area contributed by atoms with Crippen molar-refractivity contribution in [1.29, 1.82) is 0 Å². The van der Waals surface area contributed by atoms with Crippen molar-refractivity contribution in [3.8, 4) is 0 Å². The van der Waals surface area contributed by atoms with Crippen LogP contribution in [0.15, 0.2) is 18.2 Å². The number of nitrogens with one attached hydrogen (secondary N) is 1. The second kappa shape index (κ2) is 4.47. The van der Waals surface area contributed by atoms with Crippen molar-refractivity contribution >= 4 is 5.69 Å². The van der Waals surface area contributed by atoms with Crippen molar-refractivity contribution in [2.45, 2.75) is 13.3 Å². The zero-order valence-electron chi connectivity index (χ0n) is 8.71. The highest BCUT2D eigenvalue weighted by Gasteiger charge is 2.10. The lowest BCUT2D eigenvalue weighted by Crippen LogP contribution is -2.43. The van der Waals surface area contributed by atoms with Crippen molar-refractivity contribution in [2.24, 2.45) is 0 Å². The molecule has 14 heavy (non-hydrogen) atoms. The summed E-state index contributed by atoms with van der Waals surface area (Å²) in [7, 11) is 0. The van der Waals surface area contributed by atoms with Crippen molar-refractivity contribution in [1.82, 2.24) is 5.32 Å². The van der Waals surface area contributed by atoms with Gasteiger partial charge in [0, 0.05) is 37.9 Å². The van der Waals surface area contributed by atoms with Gasteiger partial charge in [-0.3, -0.25) is 0 Å². The summed E-state index contributed by atoms with van der Waals surface area (Å²) >= 11 is 0. The molecule has 0 saturated carbocycles. The van der Waals surface area contributed by atoms with E-state index in [9.17, 15) is 0 Å². The lowest BCUT2D eigenvalue weighted by Gasteiger charge is -2.29. The van der Waals surface area contributed by atoms with E-state index in [1.807, 2.05) is 6.07 Å². The maximum Gasteiger partial charge on any atom is 0.0450 e. The van der Waals surface area contributed by atoms with Gasteiger partial charge in [-0.15, -0.1) is 0 Å². The molecule has 0 bridgehead atoms. The highest BCUT2D eigenvalue weighted by Crippen LogP contribution is 2.16. The van der Waals surface area contributed by atoms with Gasteiger partial charge in [-0.25, -0.2) is 0 Å². The summed E-state index contributed by atoms with van der Waals surface area (Å²) in [5.74, 6) is 0. The van der Waals surface area contributed by atoms with E-state index in [0.717, 1.165) is 32.6 Å². The largest absolute Gasteiger partial charge is 0.368 e. The number of benzene rings is 1. The Morgan fingerprint density at radius 3 is 2.93 bits per heavy atom. The number of aryl methyl sites for hydroxylation is 1. The highest BCUT2D eigenvalue weighted by molar-refractivity contribution is 5.48. The number of piperazine rings is 1. The fourth-order valence-corrected chi connectivity index (χ4v) is 1.81. The minimum atomic E-state index is 1.09. The molecule has 1 aromatic carbocycles. The number of hydrogen-bond acceptors (Lipinski definition) is 2. The number of anilines is 1. The van der Waals surface area contributed by atoms with Crippen LogP contribution in [0.3, 0.4) is 0 Å². The standard InChI is InChI=1S/C12H17N2/c1-2-11-4-3-5-12(10-11)14-8-6-13-7-9-14/h3-4,10,13H,2,6-9H2,1H3. The molecular formula is C12H17N2. The normalized spacial score (nSPS) is 17.1. The predicted octanol–water partition coefficient (Wildman–Crippen LogP) is 1.46. The molecular weight excluding hydrogens is 172 g/mol. The Kier molecular flexibility index (Phi) is 3.04.